The van der Waals surface area contributed by atoms with Gasteiger partial charge in [-0.05, 0) is 80.9 Å². The van der Waals surface area contributed by atoms with E-state index in [9.17, 15) is 0 Å². The van der Waals surface area contributed by atoms with E-state index in [0.717, 1.165) is 43.9 Å². The molecule has 2 heterocycles. The zero-order chi connectivity index (χ0) is 20.5. The van der Waals surface area contributed by atoms with Gasteiger partial charge in [0, 0.05) is 25.1 Å². The van der Waals surface area contributed by atoms with Crippen molar-refractivity contribution in [3.63, 3.8) is 0 Å². The third-order valence-corrected chi connectivity index (χ3v) is 6.87. The van der Waals surface area contributed by atoms with Crippen molar-refractivity contribution in [3.05, 3.63) is 94.6 Å². The van der Waals surface area contributed by atoms with Crippen LogP contribution in [0.15, 0.2) is 99.8 Å². The number of para-hydroxylation sites is 1. The van der Waals surface area contributed by atoms with E-state index in [0.29, 0.717) is 0 Å². The van der Waals surface area contributed by atoms with Crippen molar-refractivity contribution in [2.75, 3.05) is 0 Å². The van der Waals surface area contributed by atoms with Crippen LogP contribution < -0.4 is 0 Å². The summed E-state index contributed by atoms with van der Waals surface area (Å²) in [7, 11) is 0. The van der Waals surface area contributed by atoms with Gasteiger partial charge in [-0.2, -0.15) is 0 Å². The topological polar surface area (TPSA) is 26.3 Å². The molecule has 146 valence electrons. The fraction of sp³-hybridized carbons (Fsp3) is 0. The highest BCUT2D eigenvalue weighted by atomic mass is 127. The van der Waals surface area contributed by atoms with Crippen LogP contribution in [0.4, 0.5) is 0 Å². The first-order valence-electron chi connectivity index (χ1n) is 10.2. The van der Waals surface area contributed by atoms with E-state index < -0.39 is 0 Å². The molecule has 31 heavy (non-hydrogen) atoms. The molecule has 5 aromatic carbocycles. The van der Waals surface area contributed by atoms with Crippen LogP contribution in [-0.4, -0.2) is 0 Å². The van der Waals surface area contributed by atoms with Gasteiger partial charge < -0.3 is 8.83 Å². The van der Waals surface area contributed by atoms with Gasteiger partial charge in [0.1, 0.15) is 11.2 Å². The maximum absolute atomic E-state index is 6.49. The summed E-state index contributed by atoms with van der Waals surface area (Å²) in [6, 6.07) is 31.9. The lowest BCUT2D eigenvalue weighted by Crippen LogP contribution is -1.83. The number of hydrogen-bond acceptors (Lipinski definition) is 2. The summed E-state index contributed by atoms with van der Waals surface area (Å²) in [5.74, 6) is 0. The molecule has 0 atom stereocenters. The molecule has 0 radical (unpaired) electrons. The van der Waals surface area contributed by atoms with Gasteiger partial charge >= 0.3 is 0 Å². The Morgan fingerprint density at radius 3 is 2.00 bits per heavy atom. The third kappa shape index (κ3) is 2.44. The molecule has 2 nitrogen and oxygen atoms in total. The highest BCUT2D eigenvalue weighted by molar-refractivity contribution is 14.1. The van der Waals surface area contributed by atoms with Crippen LogP contribution in [0.5, 0.6) is 0 Å². The highest BCUT2D eigenvalue weighted by Gasteiger charge is 2.19. The largest absolute Gasteiger partial charge is 0.452 e. The monoisotopic (exact) mass is 510 g/mol. The lowest BCUT2D eigenvalue weighted by molar-refractivity contribution is 0.633. The SMILES string of the molecule is Ic1ccc(-c2cc3oc4c(ccc5c6ccccc6oc54)c3c3ccccc23)cc1. The van der Waals surface area contributed by atoms with Gasteiger partial charge in [0.25, 0.3) is 0 Å². The molecule has 0 aliphatic carbocycles. The predicted octanol–water partition coefficient (Wildman–Crippen LogP) is 8.91. The molecule has 2 aromatic heterocycles. The summed E-state index contributed by atoms with van der Waals surface area (Å²) in [6.45, 7) is 0. The summed E-state index contributed by atoms with van der Waals surface area (Å²) in [5, 5.41) is 6.86. The number of halogens is 1. The van der Waals surface area contributed by atoms with Crippen LogP contribution >= 0.6 is 22.6 Å². The zero-order valence-corrected chi connectivity index (χ0v) is 18.5. The Bertz CT molecular complexity index is 1790. The number of fused-ring (bicyclic) bond motifs is 9. The van der Waals surface area contributed by atoms with Crippen molar-refractivity contribution in [1.82, 2.24) is 0 Å². The first-order valence-corrected chi connectivity index (χ1v) is 11.3. The fourth-order valence-electron chi connectivity index (χ4n) is 4.75. The Kier molecular flexibility index (Phi) is 3.56. The van der Waals surface area contributed by atoms with E-state index in [1.165, 1.54) is 25.5 Å². The van der Waals surface area contributed by atoms with Gasteiger partial charge in [-0.25, -0.2) is 0 Å². The Balaban J connectivity index is 1.65. The van der Waals surface area contributed by atoms with Crippen molar-refractivity contribution < 1.29 is 8.83 Å². The van der Waals surface area contributed by atoms with E-state index in [1.807, 2.05) is 18.2 Å². The number of rotatable bonds is 1. The lowest BCUT2D eigenvalue weighted by Gasteiger charge is -2.08. The van der Waals surface area contributed by atoms with Crippen LogP contribution in [0.2, 0.25) is 0 Å². The molecule has 0 bridgehead atoms. The summed E-state index contributed by atoms with van der Waals surface area (Å²) < 4.78 is 14.0. The highest BCUT2D eigenvalue weighted by Crippen LogP contribution is 2.43. The molecule has 7 aromatic rings. The van der Waals surface area contributed by atoms with E-state index in [1.54, 1.807) is 0 Å². The van der Waals surface area contributed by atoms with Crippen molar-refractivity contribution in [2.45, 2.75) is 0 Å². The Morgan fingerprint density at radius 2 is 1.16 bits per heavy atom. The average molecular weight is 510 g/mol. The molecular weight excluding hydrogens is 495 g/mol. The van der Waals surface area contributed by atoms with E-state index in [4.69, 9.17) is 8.83 Å². The van der Waals surface area contributed by atoms with Crippen LogP contribution in [0.1, 0.15) is 0 Å². The van der Waals surface area contributed by atoms with E-state index in [-0.39, 0.29) is 0 Å². The summed E-state index contributed by atoms with van der Waals surface area (Å²) in [4.78, 5) is 0. The molecule has 0 aliphatic heterocycles. The first kappa shape index (κ1) is 17.4. The first-order chi connectivity index (χ1) is 15.3. The zero-order valence-electron chi connectivity index (χ0n) is 16.4. The van der Waals surface area contributed by atoms with Crippen LogP contribution in [0.3, 0.4) is 0 Å². The minimum atomic E-state index is 0.814. The van der Waals surface area contributed by atoms with Gasteiger partial charge in [0.05, 0.1) is 0 Å². The number of furan rings is 2. The van der Waals surface area contributed by atoms with E-state index in [2.05, 4.69) is 95.4 Å². The summed E-state index contributed by atoms with van der Waals surface area (Å²) >= 11 is 2.34. The maximum Gasteiger partial charge on any atom is 0.178 e. The van der Waals surface area contributed by atoms with Gasteiger partial charge in [-0.3, -0.25) is 0 Å². The van der Waals surface area contributed by atoms with Crippen molar-refractivity contribution in [1.29, 1.82) is 0 Å². The van der Waals surface area contributed by atoms with Crippen LogP contribution in [0.25, 0.3) is 65.8 Å². The molecule has 3 heteroatoms. The fourth-order valence-corrected chi connectivity index (χ4v) is 5.11. The summed E-state index contributed by atoms with van der Waals surface area (Å²) in [6.07, 6.45) is 0. The second-order valence-corrected chi connectivity index (χ2v) is 9.11. The van der Waals surface area contributed by atoms with Crippen LogP contribution in [0, 0.1) is 3.57 Å². The predicted molar refractivity (Wildman–Crippen MR) is 137 cm³/mol. The molecule has 7 rings (SSSR count). The molecule has 0 saturated carbocycles. The van der Waals surface area contributed by atoms with Crippen LogP contribution in [-0.2, 0) is 0 Å². The number of hydrogen-bond donors (Lipinski definition) is 0. The normalized spacial score (nSPS) is 12.0. The number of benzene rings is 5. The van der Waals surface area contributed by atoms with E-state index >= 15 is 0 Å². The second kappa shape index (κ2) is 6.34. The second-order valence-electron chi connectivity index (χ2n) is 7.87. The van der Waals surface area contributed by atoms with Gasteiger partial charge in [0.2, 0.25) is 0 Å². The molecule has 0 aliphatic rings. The molecule has 0 fully saturated rings. The lowest BCUT2D eigenvalue weighted by atomic mass is 9.95. The van der Waals surface area contributed by atoms with Gasteiger partial charge in [-0.15, -0.1) is 0 Å². The molecule has 0 unspecified atom stereocenters. The van der Waals surface area contributed by atoms with Crippen molar-refractivity contribution in [2.24, 2.45) is 0 Å². The van der Waals surface area contributed by atoms with Crippen molar-refractivity contribution >= 4 is 77.2 Å². The third-order valence-electron chi connectivity index (χ3n) is 6.15. The average Bonchev–Trinajstić information content (AvgIpc) is 3.37. The molecule has 0 amide bonds. The minimum absolute atomic E-state index is 0.814. The molecule has 0 saturated heterocycles. The molecule has 0 N–H and O–H groups in total. The smallest absolute Gasteiger partial charge is 0.178 e. The minimum Gasteiger partial charge on any atom is -0.452 e. The Labute approximate surface area is 191 Å². The van der Waals surface area contributed by atoms with Gasteiger partial charge in [0.15, 0.2) is 11.2 Å². The Morgan fingerprint density at radius 1 is 0.516 bits per heavy atom. The van der Waals surface area contributed by atoms with Crippen molar-refractivity contribution in [3.8, 4) is 11.1 Å². The quantitative estimate of drug-likeness (QED) is 0.206. The Hall–Kier alpha value is -3.31. The molecular formula is C28H15IO2. The summed E-state index contributed by atoms with van der Waals surface area (Å²) in [5.41, 5.74) is 5.76. The van der Waals surface area contributed by atoms with Gasteiger partial charge in [-0.1, -0.05) is 54.6 Å². The standard InChI is InChI=1S/C28H15IO2/c29-17-11-9-16(10-12-17)23-15-25-26(20-7-2-1-5-18(20)23)22-14-13-21-19-6-3-4-8-24(19)30-27(21)28(22)31-25/h1-15H. The maximum atomic E-state index is 6.49. The molecule has 0 spiro atoms.